The Balaban J connectivity index is 3.69. The van der Waals surface area contributed by atoms with Crippen molar-refractivity contribution in [1.82, 2.24) is 0 Å². The van der Waals surface area contributed by atoms with Gasteiger partial charge in [-0.3, -0.25) is 4.79 Å². The van der Waals surface area contributed by atoms with E-state index in [1.807, 2.05) is 20.8 Å². The Kier molecular flexibility index (Phi) is 7.30. The first-order valence-corrected chi connectivity index (χ1v) is 6.44. The van der Waals surface area contributed by atoms with Crippen LogP contribution in [0.2, 0.25) is 0 Å². The lowest BCUT2D eigenvalue weighted by Gasteiger charge is -2.17. The van der Waals surface area contributed by atoms with Crippen molar-refractivity contribution in [3.63, 3.8) is 0 Å². The summed E-state index contributed by atoms with van der Waals surface area (Å²) in [6.45, 7) is 5.48. The maximum Gasteiger partial charge on any atom is 0.330 e. The van der Waals surface area contributed by atoms with E-state index in [0.29, 0.717) is 11.8 Å². The minimum Gasteiger partial charge on any atom is -0.457 e. The highest BCUT2D eigenvalue weighted by molar-refractivity contribution is 9.09. The molecule has 0 bridgehead atoms. The third-order valence-electron chi connectivity index (χ3n) is 1.64. The normalized spacial score (nSPS) is 11.8. The second-order valence-electron chi connectivity index (χ2n) is 4.50. The summed E-state index contributed by atoms with van der Waals surface area (Å²) in [5.41, 5.74) is -0.451. The Morgan fingerprint density at radius 1 is 1.31 bits per heavy atom. The molecule has 0 aromatic rings. The molecule has 0 aromatic carbocycles. The molecule has 0 heterocycles. The molecule has 0 N–H and O–H groups in total. The van der Waals surface area contributed by atoms with Crippen LogP contribution in [0.1, 0.15) is 40.0 Å². The maximum absolute atomic E-state index is 11.2. The third-order valence-corrected chi connectivity index (χ3v) is 2.26. The Bertz CT molecular complexity index is 264. The molecular formula is C12H19BrO3. The summed E-state index contributed by atoms with van der Waals surface area (Å²) in [5, 5.41) is 0.406. The van der Waals surface area contributed by atoms with E-state index in [1.54, 1.807) is 6.08 Å². The predicted molar refractivity (Wildman–Crippen MR) is 67.6 cm³/mol. The number of allylic oxidation sites excluding steroid dienone is 1. The van der Waals surface area contributed by atoms with Crippen molar-refractivity contribution in [2.24, 2.45) is 0 Å². The first-order valence-electron chi connectivity index (χ1n) is 5.32. The van der Waals surface area contributed by atoms with Crippen molar-refractivity contribution in [3.8, 4) is 0 Å². The molecule has 0 atom stereocenters. The van der Waals surface area contributed by atoms with Crippen LogP contribution in [0, 0.1) is 0 Å². The molecular weight excluding hydrogens is 272 g/mol. The van der Waals surface area contributed by atoms with E-state index >= 15 is 0 Å². The number of alkyl halides is 1. The van der Waals surface area contributed by atoms with Crippen molar-refractivity contribution in [2.75, 3.05) is 5.33 Å². The molecule has 0 aromatic heterocycles. The largest absolute Gasteiger partial charge is 0.457 e. The lowest BCUT2D eigenvalue weighted by molar-refractivity contribution is -0.148. The monoisotopic (exact) mass is 290 g/mol. The van der Waals surface area contributed by atoms with Gasteiger partial charge >= 0.3 is 5.97 Å². The van der Waals surface area contributed by atoms with Gasteiger partial charge in [-0.2, -0.15) is 0 Å². The van der Waals surface area contributed by atoms with Crippen LogP contribution in [0.15, 0.2) is 12.2 Å². The van der Waals surface area contributed by atoms with Gasteiger partial charge in [-0.1, -0.05) is 22.0 Å². The average Bonchev–Trinajstić information content (AvgIpc) is 2.14. The van der Waals surface area contributed by atoms with Crippen LogP contribution in [0.4, 0.5) is 0 Å². The molecule has 0 rings (SSSR count). The highest BCUT2D eigenvalue weighted by Crippen LogP contribution is 2.07. The van der Waals surface area contributed by atoms with Crippen LogP contribution >= 0.6 is 15.9 Å². The Labute approximate surface area is 105 Å². The van der Waals surface area contributed by atoms with Crippen LogP contribution in [0.5, 0.6) is 0 Å². The van der Waals surface area contributed by atoms with Crippen molar-refractivity contribution in [2.45, 2.75) is 45.6 Å². The number of esters is 1. The second kappa shape index (κ2) is 7.60. The summed E-state index contributed by atoms with van der Waals surface area (Å²) in [4.78, 5) is 22.2. The summed E-state index contributed by atoms with van der Waals surface area (Å²) in [5.74, 6) is -0.148. The maximum atomic E-state index is 11.2. The number of ketones is 1. The number of rotatable bonds is 6. The molecule has 0 aliphatic rings. The Morgan fingerprint density at radius 2 is 1.94 bits per heavy atom. The van der Waals surface area contributed by atoms with Gasteiger partial charge in [-0.15, -0.1) is 0 Å². The zero-order chi connectivity index (χ0) is 12.6. The number of hydrogen-bond acceptors (Lipinski definition) is 3. The molecule has 0 saturated carbocycles. The molecule has 0 spiro atoms. The van der Waals surface area contributed by atoms with Gasteiger partial charge in [0.15, 0.2) is 0 Å². The Morgan fingerprint density at radius 3 is 2.44 bits per heavy atom. The van der Waals surface area contributed by atoms with Gasteiger partial charge < -0.3 is 4.74 Å². The fraction of sp³-hybridized carbons (Fsp3) is 0.667. The van der Waals surface area contributed by atoms with Crippen LogP contribution in [-0.4, -0.2) is 22.7 Å². The molecule has 0 amide bonds. The van der Waals surface area contributed by atoms with Crippen molar-refractivity contribution in [1.29, 1.82) is 0 Å². The molecule has 3 nitrogen and oxygen atoms in total. The average molecular weight is 291 g/mol. The van der Waals surface area contributed by atoms with Crippen molar-refractivity contribution >= 4 is 27.7 Å². The second-order valence-corrected chi connectivity index (χ2v) is 5.06. The van der Waals surface area contributed by atoms with Crippen LogP contribution < -0.4 is 0 Å². The standard InChI is InChI=1S/C12H19BrO3/c1-12(2,3)16-11(15)8-6-4-5-7-10(14)9-13/h6,8H,4-5,7,9H2,1-3H3/b8-6+. The van der Waals surface area contributed by atoms with Gasteiger partial charge in [0, 0.05) is 12.5 Å². The predicted octanol–water partition coefficient (Wildman–Crippen LogP) is 3.02. The number of ether oxygens (including phenoxy) is 1. The van der Waals surface area contributed by atoms with Gasteiger partial charge in [-0.05, 0) is 33.6 Å². The van der Waals surface area contributed by atoms with Crippen LogP contribution in [0.3, 0.4) is 0 Å². The van der Waals surface area contributed by atoms with Crippen LogP contribution in [-0.2, 0) is 14.3 Å². The van der Waals surface area contributed by atoms with E-state index in [9.17, 15) is 9.59 Å². The molecule has 92 valence electrons. The Hall–Kier alpha value is -0.640. The van der Waals surface area contributed by atoms with Gasteiger partial charge in [0.05, 0.1) is 5.33 Å². The minimum absolute atomic E-state index is 0.186. The highest BCUT2D eigenvalue weighted by atomic mass is 79.9. The topological polar surface area (TPSA) is 43.4 Å². The fourth-order valence-electron chi connectivity index (χ4n) is 0.999. The number of hydrogen-bond donors (Lipinski definition) is 0. The molecule has 0 fully saturated rings. The zero-order valence-corrected chi connectivity index (χ0v) is 11.7. The lowest BCUT2D eigenvalue weighted by Crippen LogP contribution is -2.22. The first kappa shape index (κ1) is 15.4. The SMILES string of the molecule is CC(C)(C)OC(=O)/C=C/CCCC(=O)CBr. The summed E-state index contributed by atoms with van der Waals surface area (Å²) in [6, 6.07) is 0. The molecule has 0 saturated heterocycles. The smallest absolute Gasteiger partial charge is 0.330 e. The molecule has 0 aliphatic heterocycles. The molecule has 16 heavy (non-hydrogen) atoms. The molecule has 0 radical (unpaired) electrons. The third kappa shape index (κ3) is 9.90. The number of unbranched alkanes of at least 4 members (excludes halogenated alkanes) is 1. The highest BCUT2D eigenvalue weighted by Gasteiger charge is 2.13. The fourth-order valence-corrected chi connectivity index (χ4v) is 1.28. The van der Waals surface area contributed by atoms with E-state index in [2.05, 4.69) is 15.9 Å². The van der Waals surface area contributed by atoms with E-state index in [0.717, 1.165) is 12.8 Å². The van der Waals surface area contributed by atoms with Crippen molar-refractivity contribution in [3.05, 3.63) is 12.2 Å². The first-order chi connectivity index (χ1) is 7.35. The number of Topliss-reactive ketones (excluding diaryl/α,β-unsaturated/α-hetero) is 1. The number of carbonyl (C=O) groups excluding carboxylic acids is 2. The summed E-state index contributed by atoms with van der Waals surface area (Å²) in [7, 11) is 0. The summed E-state index contributed by atoms with van der Waals surface area (Å²) < 4.78 is 5.09. The van der Waals surface area contributed by atoms with Crippen LogP contribution in [0.25, 0.3) is 0 Å². The van der Waals surface area contributed by atoms with Gasteiger partial charge in [0.1, 0.15) is 11.4 Å². The van der Waals surface area contributed by atoms with Gasteiger partial charge in [0.25, 0.3) is 0 Å². The zero-order valence-electron chi connectivity index (χ0n) is 10.1. The van der Waals surface area contributed by atoms with Gasteiger partial charge in [-0.25, -0.2) is 4.79 Å². The lowest BCUT2D eigenvalue weighted by atomic mass is 10.2. The van der Waals surface area contributed by atoms with E-state index < -0.39 is 5.60 Å². The van der Waals surface area contributed by atoms with E-state index in [1.165, 1.54) is 6.08 Å². The van der Waals surface area contributed by atoms with E-state index in [4.69, 9.17) is 4.74 Å². The summed E-state index contributed by atoms with van der Waals surface area (Å²) >= 11 is 3.10. The molecule has 4 heteroatoms. The number of halogens is 1. The van der Waals surface area contributed by atoms with Gasteiger partial charge in [0.2, 0.25) is 0 Å². The summed E-state index contributed by atoms with van der Waals surface area (Å²) in [6.07, 6.45) is 5.20. The molecule has 0 unspecified atom stereocenters. The van der Waals surface area contributed by atoms with E-state index in [-0.39, 0.29) is 11.8 Å². The van der Waals surface area contributed by atoms with Crippen molar-refractivity contribution < 1.29 is 14.3 Å². The molecule has 0 aliphatic carbocycles. The minimum atomic E-state index is -0.451. The quantitative estimate of drug-likeness (QED) is 0.327. The number of carbonyl (C=O) groups is 2.